The second-order valence-corrected chi connectivity index (χ2v) is 2.64. The second-order valence-electron chi connectivity index (χ2n) is 2.64. The van der Waals surface area contributed by atoms with E-state index >= 15 is 0 Å². The van der Waals surface area contributed by atoms with Crippen molar-refractivity contribution >= 4 is 0 Å². The normalized spacial score (nSPS) is 7.87. The van der Waals surface area contributed by atoms with E-state index in [0.717, 1.165) is 5.56 Å². The molecule has 0 radical (unpaired) electrons. The Kier molecular flexibility index (Phi) is 4.31. The highest BCUT2D eigenvalue weighted by atomic mass is 16.5. The molecular formula is C12H8N2O. The zero-order chi connectivity index (χ0) is 10.9. The maximum Gasteiger partial charge on any atom is 0.152 e. The Labute approximate surface area is 88.5 Å². The van der Waals surface area contributed by atoms with Gasteiger partial charge in [-0.1, -0.05) is 5.92 Å². The number of rotatable bonds is 3. The average Bonchev–Trinajstić information content (AvgIpc) is 2.28. The highest BCUT2D eigenvalue weighted by Crippen LogP contribution is 2.11. The van der Waals surface area contributed by atoms with Gasteiger partial charge in [0, 0.05) is 11.5 Å². The molecule has 0 amide bonds. The summed E-state index contributed by atoms with van der Waals surface area (Å²) in [6.45, 7) is 0.389. The smallest absolute Gasteiger partial charge is 0.152 e. The van der Waals surface area contributed by atoms with Crippen LogP contribution in [-0.2, 0) is 0 Å². The molecule has 1 aromatic carbocycles. The highest BCUT2D eigenvalue weighted by Gasteiger charge is 1.92. The van der Waals surface area contributed by atoms with Crippen LogP contribution in [0.4, 0.5) is 0 Å². The lowest BCUT2D eigenvalue weighted by atomic mass is 10.2. The van der Waals surface area contributed by atoms with Crippen LogP contribution in [0.25, 0.3) is 0 Å². The van der Waals surface area contributed by atoms with E-state index in [1.807, 2.05) is 6.07 Å². The lowest BCUT2D eigenvalue weighted by molar-refractivity contribution is 0.326. The Morgan fingerprint density at radius 2 is 1.87 bits per heavy atom. The summed E-state index contributed by atoms with van der Waals surface area (Å²) in [5.74, 6) is 5.68. The van der Waals surface area contributed by atoms with E-state index < -0.39 is 0 Å². The first-order valence-corrected chi connectivity index (χ1v) is 4.36. The Hall–Kier alpha value is -2.44. The minimum atomic E-state index is 0.371. The van der Waals surface area contributed by atoms with Crippen LogP contribution in [-0.4, -0.2) is 6.61 Å². The lowest BCUT2D eigenvalue weighted by Crippen LogP contribution is -1.95. The maximum atomic E-state index is 8.31. The van der Waals surface area contributed by atoms with E-state index in [-0.39, 0.29) is 0 Å². The Morgan fingerprint density at radius 1 is 1.13 bits per heavy atom. The molecule has 1 rings (SSSR count). The molecule has 0 atom stereocenters. The molecule has 0 unspecified atom stereocenters. The predicted octanol–water partition coefficient (Wildman–Crippen LogP) is 1.85. The first kappa shape index (κ1) is 10.6. The van der Waals surface area contributed by atoms with Crippen LogP contribution >= 0.6 is 0 Å². The molecule has 0 aliphatic heterocycles. The van der Waals surface area contributed by atoms with Crippen LogP contribution < -0.4 is 4.74 Å². The van der Waals surface area contributed by atoms with Gasteiger partial charge in [0.1, 0.15) is 12.4 Å². The van der Waals surface area contributed by atoms with Gasteiger partial charge in [0.2, 0.25) is 0 Å². The van der Waals surface area contributed by atoms with Crippen molar-refractivity contribution in [2.45, 2.75) is 6.42 Å². The first-order chi connectivity index (χ1) is 7.36. The molecule has 0 aromatic heterocycles. The maximum absolute atomic E-state index is 8.31. The zero-order valence-electron chi connectivity index (χ0n) is 8.03. The van der Waals surface area contributed by atoms with Gasteiger partial charge in [0.05, 0.1) is 12.5 Å². The molecule has 0 heterocycles. The van der Waals surface area contributed by atoms with E-state index in [1.165, 1.54) is 0 Å². The zero-order valence-corrected chi connectivity index (χ0v) is 8.03. The summed E-state index contributed by atoms with van der Waals surface area (Å²) in [6, 6.07) is 10.8. The van der Waals surface area contributed by atoms with E-state index in [9.17, 15) is 0 Å². The third-order valence-electron chi connectivity index (χ3n) is 1.60. The van der Waals surface area contributed by atoms with Crippen molar-refractivity contribution in [2.24, 2.45) is 0 Å². The van der Waals surface area contributed by atoms with Crippen molar-refractivity contribution in [3.05, 3.63) is 29.8 Å². The number of benzene rings is 1. The van der Waals surface area contributed by atoms with Gasteiger partial charge in [-0.05, 0) is 24.3 Å². The molecule has 0 spiro atoms. The van der Waals surface area contributed by atoms with E-state index in [1.54, 1.807) is 30.3 Å². The molecule has 0 N–H and O–H groups in total. The fraction of sp³-hybridized carbons (Fsp3) is 0.167. The van der Waals surface area contributed by atoms with Crippen molar-refractivity contribution in [3.63, 3.8) is 0 Å². The molecule has 0 aliphatic carbocycles. The van der Waals surface area contributed by atoms with Gasteiger partial charge in [-0.2, -0.15) is 10.5 Å². The van der Waals surface area contributed by atoms with Gasteiger partial charge in [-0.15, -0.1) is 0 Å². The molecule has 0 saturated heterocycles. The Balaban J connectivity index is 2.58. The number of hydrogen-bond donors (Lipinski definition) is 0. The van der Waals surface area contributed by atoms with Crippen LogP contribution in [0.1, 0.15) is 12.0 Å². The quantitative estimate of drug-likeness (QED) is 0.547. The van der Waals surface area contributed by atoms with Crippen LogP contribution in [0.15, 0.2) is 24.3 Å². The number of hydrogen-bond acceptors (Lipinski definition) is 3. The summed E-state index contributed by atoms with van der Waals surface area (Å²) in [7, 11) is 0. The minimum Gasteiger partial charge on any atom is -0.493 e. The molecule has 0 aliphatic rings. The Bertz CT molecular complexity index is 452. The number of nitrogens with zero attached hydrogens (tertiary/aromatic N) is 2. The molecular weight excluding hydrogens is 188 g/mol. The van der Waals surface area contributed by atoms with Gasteiger partial charge >= 0.3 is 0 Å². The molecule has 15 heavy (non-hydrogen) atoms. The van der Waals surface area contributed by atoms with Crippen LogP contribution in [0.2, 0.25) is 0 Å². The van der Waals surface area contributed by atoms with Gasteiger partial charge in [-0.3, -0.25) is 0 Å². The summed E-state index contributed by atoms with van der Waals surface area (Å²) in [4.78, 5) is 0. The summed E-state index contributed by atoms with van der Waals surface area (Å²) in [5.41, 5.74) is 0.768. The van der Waals surface area contributed by atoms with E-state index in [4.69, 9.17) is 15.3 Å². The molecule has 0 fully saturated rings. The van der Waals surface area contributed by atoms with Crippen LogP contribution in [0.5, 0.6) is 5.75 Å². The Morgan fingerprint density at radius 3 is 2.47 bits per heavy atom. The largest absolute Gasteiger partial charge is 0.493 e. The van der Waals surface area contributed by atoms with E-state index in [2.05, 4.69) is 11.8 Å². The molecule has 0 saturated carbocycles. The van der Waals surface area contributed by atoms with Crippen LogP contribution in [0.3, 0.4) is 0 Å². The number of nitriles is 2. The van der Waals surface area contributed by atoms with E-state index in [0.29, 0.717) is 18.8 Å². The van der Waals surface area contributed by atoms with Gasteiger partial charge in [-0.25, -0.2) is 0 Å². The average molecular weight is 196 g/mol. The summed E-state index contributed by atoms with van der Waals surface area (Å²) in [5, 5.41) is 16.6. The molecule has 3 nitrogen and oxygen atoms in total. The molecule has 1 aromatic rings. The summed E-state index contributed by atoms with van der Waals surface area (Å²) >= 11 is 0. The first-order valence-electron chi connectivity index (χ1n) is 4.36. The van der Waals surface area contributed by atoms with Gasteiger partial charge in [0.15, 0.2) is 6.07 Å². The summed E-state index contributed by atoms with van der Waals surface area (Å²) < 4.78 is 5.27. The topological polar surface area (TPSA) is 56.8 Å². The molecule has 72 valence electrons. The second kappa shape index (κ2) is 6.08. The monoisotopic (exact) mass is 196 g/mol. The predicted molar refractivity (Wildman–Crippen MR) is 54.7 cm³/mol. The van der Waals surface area contributed by atoms with Crippen molar-refractivity contribution in [1.29, 1.82) is 10.5 Å². The van der Waals surface area contributed by atoms with Gasteiger partial charge < -0.3 is 4.74 Å². The SMILES string of the molecule is N#CC#Cc1ccc(OCCC#N)cc1. The number of ether oxygens (including phenoxy) is 1. The lowest BCUT2D eigenvalue weighted by Gasteiger charge is -2.02. The fourth-order valence-corrected chi connectivity index (χ4v) is 0.949. The van der Waals surface area contributed by atoms with Crippen molar-refractivity contribution < 1.29 is 4.74 Å². The molecule has 0 bridgehead atoms. The molecule has 3 heteroatoms. The summed E-state index contributed by atoms with van der Waals surface area (Å²) in [6.07, 6.45) is 0.371. The standard InChI is InChI=1S/C12H8N2O/c13-8-1-3-11-4-6-12(7-5-11)15-10-2-9-14/h4-7H,2,10H2. The van der Waals surface area contributed by atoms with Crippen molar-refractivity contribution in [1.82, 2.24) is 0 Å². The minimum absolute atomic E-state index is 0.371. The highest BCUT2D eigenvalue weighted by molar-refractivity contribution is 5.40. The fourth-order valence-electron chi connectivity index (χ4n) is 0.949. The third kappa shape index (κ3) is 3.85. The van der Waals surface area contributed by atoms with Crippen LogP contribution in [0, 0.1) is 34.5 Å². The van der Waals surface area contributed by atoms with Crippen molar-refractivity contribution in [2.75, 3.05) is 6.61 Å². The van der Waals surface area contributed by atoms with Gasteiger partial charge in [0.25, 0.3) is 0 Å². The van der Waals surface area contributed by atoms with Crippen molar-refractivity contribution in [3.8, 4) is 29.7 Å². The third-order valence-corrected chi connectivity index (χ3v) is 1.60.